The second-order valence-electron chi connectivity index (χ2n) is 16.1. The number of esters is 2. The molecule has 0 saturated heterocycles. The van der Waals surface area contributed by atoms with Crippen LogP contribution in [-0.4, -0.2) is 76.9 Å². The van der Waals surface area contributed by atoms with E-state index in [1.807, 2.05) is 18.2 Å². The minimum Gasteiger partial charge on any atom is -0.462 e. The predicted octanol–water partition coefficient (Wildman–Crippen LogP) is 11.2. The largest absolute Gasteiger partial charge is 0.472 e. The van der Waals surface area contributed by atoms with Gasteiger partial charge in [0.2, 0.25) is 0 Å². The molecule has 2 unspecified atom stereocenters. The molecule has 0 saturated carbocycles. The highest BCUT2D eigenvalue weighted by Crippen LogP contribution is 2.43. The molecule has 0 fully saturated rings. The van der Waals surface area contributed by atoms with E-state index in [9.17, 15) is 29.3 Å². The molecule has 0 heterocycles. The molecule has 0 spiro atoms. The Morgan fingerprint density at radius 3 is 1.60 bits per heavy atom. The maximum atomic E-state index is 12.6. The number of carbonyl (C=O) groups is 2. The van der Waals surface area contributed by atoms with E-state index < -0.39 is 57.9 Å². The molecule has 0 bridgehead atoms. The molecule has 0 aromatic rings. The highest BCUT2D eigenvalue weighted by Gasteiger charge is 2.27. The van der Waals surface area contributed by atoms with Crippen molar-refractivity contribution in [2.24, 2.45) is 5.92 Å². The highest BCUT2D eigenvalue weighted by atomic mass is 31.2. The van der Waals surface area contributed by atoms with Crippen molar-refractivity contribution >= 4 is 19.8 Å². The van der Waals surface area contributed by atoms with Gasteiger partial charge in [0, 0.05) is 12.8 Å². The lowest BCUT2D eigenvalue weighted by Gasteiger charge is -2.20. The van der Waals surface area contributed by atoms with E-state index in [0.29, 0.717) is 19.3 Å². The summed E-state index contributed by atoms with van der Waals surface area (Å²) in [5.41, 5.74) is 0. The molecule has 0 aliphatic heterocycles. The summed E-state index contributed by atoms with van der Waals surface area (Å²) >= 11 is 0. The van der Waals surface area contributed by atoms with Gasteiger partial charge in [-0.3, -0.25) is 18.6 Å². The Bertz CT molecular complexity index is 1090. The van der Waals surface area contributed by atoms with E-state index in [1.165, 1.54) is 83.5 Å². The number of hydrogen-bond acceptors (Lipinski definition) is 10. The summed E-state index contributed by atoms with van der Waals surface area (Å²) in [4.78, 5) is 35.1. The molecule has 58 heavy (non-hydrogen) atoms. The van der Waals surface area contributed by atoms with Crippen LogP contribution in [0.15, 0.2) is 36.5 Å². The summed E-state index contributed by atoms with van der Waals surface area (Å²) in [6, 6.07) is 0. The van der Waals surface area contributed by atoms with E-state index in [0.717, 1.165) is 63.7 Å². The number of rotatable bonds is 42. The SMILES string of the molecule is CC/C=C/C/C=C/C=C/C(O)CCCCCCCC(=O)OC[C@H](COP(=O)(O)OC[C@@H](O)CO)OC(=O)CCCCCCCCCCCCCCCCCCC(C)C. The molecule has 0 aromatic carbocycles. The number of carbonyl (C=O) groups excluding carboxylic acids is 2. The number of aliphatic hydroxyl groups is 3. The van der Waals surface area contributed by atoms with Crippen LogP contribution >= 0.6 is 7.82 Å². The number of allylic oxidation sites excluding steroid dienone is 5. The van der Waals surface area contributed by atoms with Crippen LogP contribution in [0.2, 0.25) is 0 Å². The van der Waals surface area contributed by atoms with Crippen LogP contribution in [0, 0.1) is 5.92 Å². The molecule has 0 aliphatic rings. The van der Waals surface area contributed by atoms with Gasteiger partial charge in [0.15, 0.2) is 6.10 Å². The smallest absolute Gasteiger partial charge is 0.462 e. The summed E-state index contributed by atoms with van der Waals surface area (Å²) < 4.78 is 32.7. The second-order valence-corrected chi connectivity index (χ2v) is 17.5. The summed E-state index contributed by atoms with van der Waals surface area (Å²) in [5.74, 6) is -0.168. The van der Waals surface area contributed by atoms with E-state index in [2.05, 4.69) is 37.4 Å². The summed E-state index contributed by atoms with van der Waals surface area (Å²) in [7, 11) is -4.64. The number of unbranched alkanes of at least 4 members (excludes halogenated alkanes) is 19. The molecule has 0 aliphatic carbocycles. The second kappa shape index (κ2) is 40.6. The Morgan fingerprint density at radius 1 is 0.603 bits per heavy atom. The number of phosphoric acid groups is 1. The minimum atomic E-state index is -4.64. The lowest BCUT2D eigenvalue weighted by molar-refractivity contribution is -0.161. The topological polar surface area (TPSA) is 169 Å². The predicted molar refractivity (Wildman–Crippen MR) is 234 cm³/mol. The number of ether oxygens (including phenoxy) is 2. The Hall–Kier alpha value is -1.85. The fourth-order valence-electron chi connectivity index (χ4n) is 6.30. The normalized spacial score (nSPS) is 14.8. The molecule has 4 N–H and O–H groups in total. The van der Waals surface area contributed by atoms with Crippen LogP contribution in [0.3, 0.4) is 0 Å². The van der Waals surface area contributed by atoms with Crippen LogP contribution < -0.4 is 0 Å². The first kappa shape index (κ1) is 56.1. The molecule has 12 heteroatoms. The van der Waals surface area contributed by atoms with Gasteiger partial charge in [0.1, 0.15) is 12.7 Å². The quantitative estimate of drug-likeness (QED) is 0.0152. The maximum Gasteiger partial charge on any atom is 0.472 e. The minimum absolute atomic E-state index is 0.166. The Balaban J connectivity index is 4.30. The Labute approximate surface area is 353 Å². The fourth-order valence-corrected chi connectivity index (χ4v) is 7.09. The lowest BCUT2D eigenvalue weighted by atomic mass is 10.0. The zero-order valence-corrected chi connectivity index (χ0v) is 37.7. The van der Waals surface area contributed by atoms with Gasteiger partial charge in [-0.05, 0) is 38.0 Å². The van der Waals surface area contributed by atoms with Crippen molar-refractivity contribution in [2.45, 2.75) is 212 Å². The highest BCUT2D eigenvalue weighted by molar-refractivity contribution is 7.47. The third-order valence-corrected chi connectivity index (χ3v) is 10.8. The summed E-state index contributed by atoms with van der Waals surface area (Å²) in [6.07, 6.45) is 37.0. The van der Waals surface area contributed by atoms with Gasteiger partial charge in [-0.2, -0.15) is 0 Å². The molecule has 0 rings (SSSR count). The first-order valence-electron chi connectivity index (χ1n) is 22.9. The summed E-state index contributed by atoms with van der Waals surface area (Å²) in [6.45, 7) is 4.50. The molecule has 0 aromatic heterocycles. The standard InChI is InChI=1S/C46H85O11P/c1-4-5-6-7-18-23-28-33-42(48)34-29-24-21-26-30-35-45(50)54-39-44(40-56-58(52,53)55-38-43(49)37-47)57-46(51)36-31-25-20-17-15-13-11-9-8-10-12-14-16-19-22-27-32-41(2)3/h5-6,18,23,28,33,41-44,47-49H,4,7-17,19-22,24-27,29-32,34-40H2,1-3H3,(H,52,53)/b6-5+,23-18+,33-28+/t42?,43-,44+/m0/s1. The van der Waals surface area contributed by atoms with Crippen LogP contribution in [0.4, 0.5) is 0 Å². The van der Waals surface area contributed by atoms with E-state index in [1.54, 1.807) is 6.08 Å². The third kappa shape index (κ3) is 40.9. The Morgan fingerprint density at radius 2 is 1.09 bits per heavy atom. The lowest BCUT2D eigenvalue weighted by Crippen LogP contribution is -2.29. The van der Waals surface area contributed by atoms with Crippen molar-refractivity contribution in [1.82, 2.24) is 0 Å². The van der Waals surface area contributed by atoms with Crippen LogP contribution in [0.5, 0.6) is 0 Å². The zero-order valence-electron chi connectivity index (χ0n) is 36.8. The molecule has 340 valence electrons. The number of phosphoric ester groups is 1. The van der Waals surface area contributed by atoms with Gasteiger partial charge in [-0.15, -0.1) is 0 Å². The monoisotopic (exact) mass is 845 g/mol. The summed E-state index contributed by atoms with van der Waals surface area (Å²) in [5, 5.41) is 28.5. The van der Waals surface area contributed by atoms with Gasteiger partial charge < -0.3 is 29.7 Å². The van der Waals surface area contributed by atoms with E-state index in [-0.39, 0.29) is 19.4 Å². The fraction of sp³-hybridized carbons (Fsp3) is 0.826. The van der Waals surface area contributed by atoms with Gasteiger partial charge >= 0.3 is 19.8 Å². The van der Waals surface area contributed by atoms with Gasteiger partial charge in [0.25, 0.3) is 0 Å². The number of aliphatic hydroxyl groups excluding tert-OH is 3. The maximum absolute atomic E-state index is 12.6. The molecular weight excluding hydrogens is 759 g/mol. The molecule has 0 radical (unpaired) electrons. The molecule has 11 nitrogen and oxygen atoms in total. The van der Waals surface area contributed by atoms with Crippen molar-refractivity contribution in [3.63, 3.8) is 0 Å². The third-order valence-electron chi connectivity index (χ3n) is 9.84. The average molecular weight is 845 g/mol. The van der Waals surface area contributed by atoms with E-state index >= 15 is 0 Å². The Kier molecular flexibility index (Phi) is 39.3. The van der Waals surface area contributed by atoms with Gasteiger partial charge in [0.05, 0.1) is 25.9 Å². The zero-order chi connectivity index (χ0) is 43.0. The van der Waals surface area contributed by atoms with Crippen molar-refractivity contribution in [3.05, 3.63) is 36.5 Å². The van der Waals surface area contributed by atoms with Gasteiger partial charge in [-0.1, -0.05) is 186 Å². The molecule has 0 amide bonds. The molecular formula is C46H85O11P. The van der Waals surface area contributed by atoms with Crippen LogP contribution in [-0.2, 0) is 32.7 Å². The van der Waals surface area contributed by atoms with Crippen molar-refractivity contribution in [1.29, 1.82) is 0 Å². The first-order chi connectivity index (χ1) is 28.0. The van der Waals surface area contributed by atoms with Gasteiger partial charge in [-0.25, -0.2) is 4.57 Å². The van der Waals surface area contributed by atoms with Crippen molar-refractivity contribution in [3.8, 4) is 0 Å². The van der Waals surface area contributed by atoms with Crippen molar-refractivity contribution in [2.75, 3.05) is 26.4 Å². The molecule has 4 atom stereocenters. The van der Waals surface area contributed by atoms with Crippen LogP contribution in [0.25, 0.3) is 0 Å². The van der Waals surface area contributed by atoms with Crippen LogP contribution in [0.1, 0.15) is 194 Å². The van der Waals surface area contributed by atoms with Crippen molar-refractivity contribution < 1.29 is 52.9 Å². The first-order valence-corrected chi connectivity index (χ1v) is 24.4. The average Bonchev–Trinajstić information content (AvgIpc) is 3.19. The number of hydrogen-bond donors (Lipinski definition) is 4. The van der Waals surface area contributed by atoms with E-state index in [4.69, 9.17) is 19.1 Å².